The minimum absolute atomic E-state index is 0.0252. The van der Waals surface area contributed by atoms with Crippen LogP contribution in [0.3, 0.4) is 0 Å². The Morgan fingerprint density at radius 2 is 2.23 bits per heavy atom. The molecule has 1 atom stereocenters. The van der Waals surface area contributed by atoms with E-state index in [0.717, 1.165) is 12.1 Å². The maximum absolute atomic E-state index is 14.5. The van der Waals surface area contributed by atoms with Gasteiger partial charge in [-0.3, -0.25) is 9.59 Å². The Labute approximate surface area is 128 Å². The molecule has 22 heavy (non-hydrogen) atoms. The van der Waals surface area contributed by atoms with Crippen LogP contribution in [-0.2, 0) is 22.6 Å². The lowest BCUT2D eigenvalue weighted by Gasteiger charge is -2.20. The molecule has 1 saturated heterocycles. The van der Waals surface area contributed by atoms with Gasteiger partial charge in [0.15, 0.2) is 0 Å². The molecule has 2 aliphatic rings. The molecule has 1 unspecified atom stereocenters. The van der Waals surface area contributed by atoms with Gasteiger partial charge in [0.2, 0.25) is 11.8 Å². The molecule has 2 N–H and O–H groups in total. The van der Waals surface area contributed by atoms with Crippen molar-refractivity contribution in [2.75, 3.05) is 25.0 Å². The topological polar surface area (TPSA) is 61.4 Å². The lowest BCUT2D eigenvalue weighted by atomic mass is 9.99. The van der Waals surface area contributed by atoms with Crippen molar-refractivity contribution in [3.8, 4) is 0 Å². The minimum atomic E-state index is -0.325. The van der Waals surface area contributed by atoms with Crippen molar-refractivity contribution in [3.63, 3.8) is 0 Å². The molecule has 3 rings (SSSR count). The molecule has 6 heteroatoms. The van der Waals surface area contributed by atoms with Gasteiger partial charge in [0.25, 0.3) is 0 Å². The number of likely N-dealkylation sites (tertiary alicyclic amines) is 1. The van der Waals surface area contributed by atoms with Gasteiger partial charge in [-0.1, -0.05) is 6.07 Å². The number of rotatable bonds is 2. The molecule has 2 aliphatic heterocycles. The van der Waals surface area contributed by atoms with Crippen molar-refractivity contribution in [2.24, 2.45) is 5.92 Å². The van der Waals surface area contributed by atoms with Crippen LogP contribution in [0.1, 0.15) is 24.5 Å². The first-order valence-corrected chi connectivity index (χ1v) is 7.63. The third-order valence-electron chi connectivity index (χ3n) is 4.47. The molecule has 1 fully saturated rings. The van der Waals surface area contributed by atoms with Gasteiger partial charge in [0.1, 0.15) is 5.82 Å². The zero-order valence-electron chi connectivity index (χ0n) is 12.6. The lowest BCUT2D eigenvalue weighted by Crippen LogP contribution is -2.30. The average molecular weight is 305 g/mol. The minimum Gasteiger partial charge on any atom is -0.342 e. The molecule has 2 amide bonds. The zero-order chi connectivity index (χ0) is 15.7. The molecular weight excluding hydrogens is 285 g/mol. The quantitative estimate of drug-likeness (QED) is 0.865. The molecule has 1 aromatic rings. The predicted octanol–water partition coefficient (Wildman–Crippen LogP) is 1.28. The Morgan fingerprint density at radius 1 is 1.41 bits per heavy atom. The van der Waals surface area contributed by atoms with Crippen LogP contribution in [0.4, 0.5) is 10.1 Å². The Hall–Kier alpha value is -1.95. The molecule has 0 bridgehead atoms. The van der Waals surface area contributed by atoms with Gasteiger partial charge in [-0.25, -0.2) is 4.39 Å². The molecule has 5 nitrogen and oxygen atoms in total. The van der Waals surface area contributed by atoms with Gasteiger partial charge in [0, 0.05) is 26.6 Å². The van der Waals surface area contributed by atoms with E-state index in [9.17, 15) is 14.0 Å². The van der Waals surface area contributed by atoms with Crippen molar-refractivity contribution in [2.45, 2.75) is 26.3 Å². The first kappa shape index (κ1) is 15.0. The molecule has 118 valence electrons. The third kappa shape index (κ3) is 2.83. The van der Waals surface area contributed by atoms with E-state index in [0.29, 0.717) is 38.0 Å². The number of amides is 2. The van der Waals surface area contributed by atoms with Gasteiger partial charge in [-0.05, 0) is 36.6 Å². The summed E-state index contributed by atoms with van der Waals surface area (Å²) >= 11 is 0. The summed E-state index contributed by atoms with van der Waals surface area (Å²) in [5.41, 5.74) is 1.88. The van der Waals surface area contributed by atoms with Crippen LogP contribution in [0.25, 0.3) is 0 Å². The van der Waals surface area contributed by atoms with Crippen LogP contribution in [0.15, 0.2) is 12.1 Å². The summed E-state index contributed by atoms with van der Waals surface area (Å²) in [4.78, 5) is 25.2. The van der Waals surface area contributed by atoms with E-state index in [1.54, 1.807) is 11.0 Å². The van der Waals surface area contributed by atoms with Crippen molar-refractivity contribution in [1.82, 2.24) is 10.2 Å². The van der Waals surface area contributed by atoms with E-state index in [4.69, 9.17) is 0 Å². The van der Waals surface area contributed by atoms with Crippen molar-refractivity contribution >= 4 is 17.5 Å². The monoisotopic (exact) mass is 305 g/mol. The normalized spacial score (nSPS) is 20.6. The summed E-state index contributed by atoms with van der Waals surface area (Å²) in [5.74, 6) is -0.825. The molecule has 0 spiro atoms. The fourth-order valence-electron chi connectivity index (χ4n) is 3.13. The van der Waals surface area contributed by atoms with Crippen molar-refractivity contribution in [3.05, 3.63) is 29.1 Å². The largest absolute Gasteiger partial charge is 0.342 e. The molecular formula is C16H20FN3O2. The van der Waals surface area contributed by atoms with Gasteiger partial charge >= 0.3 is 0 Å². The number of carbonyl (C=O) groups is 2. The van der Waals surface area contributed by atoms with E-state index >= 15 is 0 Å². The summed E-state index contributed by atoms with van der Waals surface area (Å²) in [6.45, 7) is 3.91. The van der Waals surface area contributed by atoms with Gasteiger partial charge < -0.3 is 15.5 Å². The van der Waals surface area contributed by atoms with E-state index in [2.05, 4.69) is 10.6 Å². The van der Waals surface area contributed by atoms with Crippen LogP contribution in [0, 0.1) is 11.7 Å². The predicted molar refractivity (Wildman–Crippen MR) is 80.8 cm³/mol. The number of carbonyl (C=O) groups excluding carboxylic acids is 2. The van der Waals surface area contributed by atoms with Crippen LogP contribution >= 0.6 is 0 Å². The molecule has 1 aromatic carbocycles. The maximum Gasteiger partial charge on any atom is 0.229 e. The van der Waals surface area contributed by atoms with E-state index in [1.165, 1.54) is 6.92 Å². The second-order valence-corrected chi connectivity index (χ2v) is 5.93. The smallest absolute Gasteiger partial charge is 0.229 e. The Kier molecular flexibility index (Phi) is 4.11. The fraction of sp³-hybridized carbons (Fsp3) is 0.500. The van der Waals surface area contributed by atoms with Crippen molar-refractivity contribution < 1.29 is 14.0 Å². The maximum atomic E-state index is 14.5. The molecule has 0 saturated carbocycles. The molecule has 0 aliphatic carbocycles. The molecule has 0 aromatic heterocycles. The molecule has 0 radical (unpaired) electrons. The Bertz CT molecular complexity index is 618. The number of nitrogens with zero attached hydrogens (tertiary/aromatic N) is 1. The number of fused-ring (bicyclic) bond motifs is 1. The Morgan fingerprint density at radius 3 is 2.95 bits per heavy atom. The van der Waals surface area contributed by atoms with Crippen LogP contribution in [-0.4, -0.2) is 36.3 Å². The summed E-state index contributed by atoms with van der Waals surface area (Å²) in [7, 11) is 0. The highest BCUT2D eigenvalue weighted by molar-refractivity contribution is 5.93. The number of halogens is 1. The Balaban J connectivity index is 1.71. The van der Waals surface area contributed by atoms with Crippen LogP contribution in [0.2, 0.25) is 0 Å². The van der Waals surface area contributed by atoms with Crippen LogP contribution in [0.5, 0.6) is 0 Å². The highest BCUT2D eigenvalue weighted by Crippen LogP contribution is 2.26. The fourth-order valence-corrected chi connectivity index (χ4v) is 3.13. The first-order chi connectivity index (χ1) is 10.6. The second kappa shape index (κ2) is 6.04. The number of hydrogen-bond donors (Lipinski definition) is 2. The number of hydrogen-bond acceptors (Lipinski definition) is 3. The highest BCUT2D eigenvalue weighted by Gasteiger charge is 2.30. The zero-order valence-corrected chi connectivity index (χ0v) is 12.6. The standard InChI is InChI=1S/C16H20FN3O2/c1-10(21)20-7-5-12(9-20)16(22)19-14-3-2-11-8-18-6-4-13(11)15(14)17/h2-3,12,18H,4-9H2,1H3,(H,19,22). The van der Waals surface area contributed by atoms with E-state index < -0.39 is 0 Å². The van der Waals surface area contributed by atoms with Gasteiger partial charge in [-0.2, -0.15) is 0 Å². The summed E-state index contributed by atoms with van der Waals surface area (Å²) in [6.07, 6.45) is 1.26. The number of nitrogens with one attached hydrogen (secondary N) is 2. The first-order valence-electron chi connectivity index (χ1n) is 7.63. The number of anilines is 1. The van der Waals surface area contributed by atoms with Crippen molar-refractivity contribution in [1.29, 1.82) is 0 Å². The molecule has 2 heterocycles. The third-order valence-corrected chi connectivity index (χ3v) is 4.47. The highest BCUT2D eigenvalue weighted by atomic mass is 19.1. The SMILES string of the molecule is CC(=O)N1CCC(C(=O)Nc2ccc3c(c2F)CCNC3)C1. The van der Waals surface area contributed by atoms with Crippen LogP contribution < -0.4 is 10.6 Å². The van der Waals surface area contributed by atoms with Gasteiger partial charge in [-0.15, -0.1) is 0 Å². The summed E-state index contributed by atoms with van der Waals surface area (Å²) in [5, 5.41) is 5.89. The number of benzene rings is 1. The average Bonchev–Trinajstić information content (AvgIpc) is 3.00. The lowest BCUT2D eigenvalue weighted by molar-refractivity contribution is -0.128. The van der Waals surface area contributed by atoms with Gasteiger partial charge in [0.05, 0.1) is 11.6 Å². The second-order valence-electron chi connectivity index (χ2n) is 5.93. The van der Waals surface area contributed by atoms with E-state index in [-0.39, 0.29) is 29.2 Å². The van der Waals surface area contributed by atoms with E-state index in [1.807, 2.05) is 6.07 Å². The summed E-state index contributed by atoms with van der Waals surface area (Å²) < 4.78 is 14.5. The summed E-state index contributed by atoms with van der Waals surface area (Å²) in [6, 6.07) is 3.48.